The molecule has 0 spiro atoms. The zero-order valence-electron chi connectivity index (χ0n) is 16.7. The molecule has 1 saturated heterocycles. The molecule has 5 heteroatoms. The lowest BCUT2D eigenvalue weighted by molar-refractivity contribution is -0.119. The van der Waals surface area contributed by atoms with Crippen molar-refractivity contribution < 1.29 is 9.18 Å². The van der Waals surface area contributed by atoms with Gasteiger partial charge < -0.3 is 10.2 Å². The number of piperidine rings is 1. The van der Waals surface area contributed by atoms with Crippen LogP contribution in [0.1, 0.15) is 43.9 Å². The van der Waals surface area contributed by atoms with E-state index in [0.29, 0.717) is 17.1 Å². The van der Waals surface area contributed by atoms with Gasteiger partial charge in [-0.2, -0.15) is 0 Å². The molecule has 28 heavy (non-hydrogen) atoms. The number of halogens is 1. The van der Waals surface area contributed by atoms with E-state index in [1.807, 2.05) is 13.0 Å². The molecule has 3 nitrogen and oxygen atoms in total. The molecule has 1 amide bonds. The number of nitrogens with one attached hydrogen (secondary N) is 1. The van der Waals surface area contributed by atoms with Gasteiger partial charge in [0.2, 0.25) is 5.91 Å². The average molecular weight is 401 g/mol. The fourth-order valence-corrected chi connectivity index (χ4v) is 4.30. The Morgan fingerprint density at radius 2 is 1.86 bits per heavy atom. The standard InChI is InChI=1S/C23H29FN2OS/c1-17-11-13-26(14-12-17)21-9-7-19(8-10-21)18(2)25-23(27)16-28-15-20-5-3-4-6-22(20)24/h3-10,17-18H,11-16H2,1-2H3,(H,25,27). The lowest BCUT2D eigenvalue weighted by Crippen LogP contribution is -2.32. The highest BCUT2D eigenvalue weighted by Crippen LogP contribution is 2.24. The number of hydrogen-bond acceptors (Lipinski definition) is 3. The molecule has 0 bridgehead atoms. The molecule has 0 radical (unpaired) electrons. The Kier molecular flexibility index (Phi) is 7.37. The van der Waals surface area contributed by atoms with Crippen LogP contribution in [0.2, 0.25) is 0 Å². The van der Waals surface area contributed by atoms with Gasteiger partial charge in [-0.3, -0.25) is 4.79 Å². The van der Waals surface area contributed by atoms with E-state index in [1.165, 1.54) is 36.4 Å². The number of carbonyl (C=O) groups is 1. The van der Waals surface area contributed by atoms with Gasteiger partial charge in [0.15, 0.2) is 0 Å². The van der Waals surface area contributed by atoms with Gasteiger partial charge in [0.25, 0.3) is 0 Å². The van der Waals surface area contributed by atoms with Crippen LogP contribution in [0, 0.1) is 11.7 Å². The monoisotopic (exact) mass is 400 g/mol. The fraction of sp³-hybridized carbons (Fsp3) is 0.435. The largest absolute Gasteiger partial charge is 0.372 e. The van der Waals surface area contributed by atoms with E-state index in [2.05, 4.69) is 41.4 Å². The summed E-state index contributed by atoms with van der Waals surface area (Å²) in [5.74, 6) is 1.40. The van der Waals surface area contributed by atoms with Crippen LogP contribution in [-0.2, 0) is 10.5 Å². The van der Waals surface area contributed by atoms with Crippen molar-refractivity contribution in [3.8, 4) is 0 Å². The van der Waals surface area contributed by atoms with Gasteiger partial charge in [-0.1, -0.05) is 37.3 Å². The Hall–Kier alpha value is -2.01. The Morgan fingerprint density at radius 3 is 2.54 bits per heavy atom. The molecule has 1 aliphatic rings. The molecule has 2 aromatic rings. The summed E-state index contributed by atoms with van der Waals surface area (Å²) in [6, 6.07) is 15.2. The van der Waals surface area contributed by atoms with Crippen LogP contribution < -0.4 is 10.2 Å². The number of benzene rings is 2. The molecular formula is C23H29FN2OS. The van der Waals surface area contributed by atoms with Crippen molar-refractivity contribution in [3.63, 3.8) is 0 Å². The number of carbonyl (C=O) groups excluding carboxylic acids is 1. The highest BCUT2D eigenvalue weighted by molar-refractivity contribution is 7.99. The molecule has 1 N–H and O–H groups in total. The van der Waals surface area contributed by atoms with E-state index >= 15 is 0 Å². The van der Waals surface area contributed by atoms with Crippen LogP contribution >= 0.6 is 11.8 Å². The van der Waals surface area contributed by atoms with Gasteiger partial charge >= 0.3 is 0 Å². The minimum absolute atomic E-state index is 0.0251. The van der Waals surface area contributed by atoms with E-state index in [1.54, 1.807) is 12.1 Å². The van der Waals surface area contributed by atoms with Crippen molar-refractivity contribution in [2.45, 2.75) is 38.5 Å². The Balaban J connectivity index is 1.45. The van der Waals surface area contributed by atoms with Gasteiger partial charge in [0.1, 0.15) is 5.82 Å². The van der Waals surface area contributed by atoms with E-state index in [9.17, 15) is 9.18 Å². The fourth-order valence-electron chi connectivity index (χ4n) is 3.48. The summed E-state index contributed by atoms with van der Waals surface area (Å²) in [6.45, 7) is 6.55. The van der Waals surface area contributed by atoms with Crippen molar-refractivity contribution in [1.82, 2.24) is 5.32 Å². The SMILES string of the molecule is CC1CCN(c2ccc(C(C)NC(=O)CSCc3ccccc3F)cc2)CC1. The molecule has 3 rings (SSSR count). The molecular weight excluding hydrogens is 371 g/mol. The van der Waals surface area contributed by atoms with E-state index in [4.69, 9.17) is 0 Å². The van der Waals surface area contributed by atoms with Crippen LogP contribution in [0.5, 0.6) is 0 Å². The maximum absolute atomic E-state index is 13.6. The molecule has 2 aromatic carbocycles. The molecule has 0 aliphatic carbocycles. The first kappa shape index (κ1) is 20.7. The van der Waals surface area contributed by atoms with Gasteiger partial charge in [0, 0.05) is 24.5 Å². The second kappa shape index (κ2) is 9.97. The summed E-state index contributed by atoms with van der Waals surface area (Å²) < 4.78 is 13.6. The number of anilines is 1. The van der Waals surface area contributed by atoms with Crippen molar-refractivity contribution >= 4 is 23.4 Å². The minimum Gasteiger partial charge on any atom is -0.372 e. The Bertz CT molecular complexity index is 772. The molecule has 1 unspecified atom stereocenters. The van der Waals surface area contributed by atoms with Gasteiger partial charge in [0.05, 0.1) is 11.8 Å². The summed E-state index contributed by atoms with van der Waals surface area (Å²) in [5, 5.41) is 3.03. The molecule has 1 fully saturated rings. The topological polar surface area (TPSA) is 32.3 Å². The van der Waals surface area contributed by atoms with Crippen molar-refractivity contribution in [1.29, 1.82) is 0 Å². The molecule has 150 valence electrons. The lowest BCUT2D eigenvalue weighted by Gasteiger charge is -2.32. The second-order valence-electron chi connectivity index (χ2n) is 7.63. The number of rotatable bonds is 7. The first-order valence-electron chi connectivity index (χ1n) is 9.98. The van der Waals surface area contributed by atoms with Crippen molar-refractivity contribution in [2.75, 3.05) is 23.7 Å². The zero-order chi connectivity index (χ0) is 19.9. The summed E-state index contributed by atoms with van der Waals surface area (Å²) in [4.78, 5) is 14.6. The first-order valence-corrected chi connectivity index (χ1v) is 11.1. The van der Waals surface area contributed by atoms with E-state index in [-0.39, 0.29) is 17.8 Å². The summed E-state index contributed by atoms with van der Waals surface area (Å²) in [6.07, 6.45) is 2.50. The zero-order valence-corrected chi connectivity index (χ0v) is 17.5. The predicted octanol–water partition coefficient (Wildman–Crippen LogP) is 5.17. The van der Waals surface area contributed by atoms with Gasteiger partial charge in [-0.05, 0) is 55.0 Å². The van der Waals surface area contributed by atoms with Crippen LogP contribution in [-0.4, -0.2) is 24.7 Å². The Labute approximate surface area is 171 Å². The minimum atomic E-state index is -0.216. The van der Waals surface area contributed by atoms with Gasteiger partial charge in [-0.25, -0.2) is 4.39 Å². The van der Waals surface area contributed by atoms with E-state index in [0.717, 1.165) is 24.6 Å². The van der Waals surface area contributed by atoms with Crippen molar-refractivity contribution in [3.05, 3.63) is 65.5 Å². The normalized spacial score (nSPS) is 16.0. The summed E-state index contributed by atoms with van der Waals surface area (Å²) in [7, 11) is 0. The maximum atomic E-state index is 13.6. The molecule has 0 saturated carbocycles. The maximum Gasteiger partial charge on any atom is 0.230 e. The van der Waals surface area contributed by atoms with Gasteiger partial charge in [-0.15, -0.1) is 11.8 Å². The smallest absolute Gasteiger partial charge is 0.230 e. The first-order chi connectivity index (χ1) is 13.5. The lowest BCUT2D eigenvalue weighted by atomic mass is 9.98. The predicted molar refractivity (Wildman–Crippen MR) is 116 cm³/mol. The number of thioether (sulfide) groups is 1. The molecule has 1 atom stereocenters. The summed E-state index contributed by atoms with van der Waals surface area (Å²) >= 11 is 1.43. The third-order valence-corrected chi connectivity index (χ3v) is 6.35. The highest BCUT2D eigenvalue weighted by atomic mass is 32.2. The van der Waals surface area contributed by atoms with Crippen LogP contribution in [0.25, 0.3) is 0 Å². The second-order valence-corrected chi connectivity index (χ2v) is 8.62. The van der Waals surface area contributed by atoms with Crippen LogP contribution in [0.4, 0.5) is 10.1 Å². The highest BCUT2D eigenvalue weighted by Gasteiger charge is 2.16. The van der Waals surface area contributed by atoms with Crippen LogP contribution in [0.3, 0.4) is 0 Å². The molecule has 0 aromatic heterocycles. The molecule has 1 aliphatic heterocycles. The molecule has 1 heterocycles. The van der Waals surface area contributed by atoms with Crippen molar-refractivity contribution in [2.24, 2.45) is 5.92 Å². The Morgan fingerprint density at radius 1 is 1.18 bits per heavy atom. The third kappa shape index (κ3) is 5.74. The average Bonchev–Trinajstić information content (AvgIpc) is 2.70. The number of amides is 1. The van der Waals surface area contributed by atoms with E-state index < -0.39 is 0 Å². The third-order valence-electron chi connectivity index (χ3n) is 5.37. The summed E-state index contributed by atoms with van der Waals surface area (Å²) in [5.41, 5.74) is 2.99. The quantitative estimate of drug-likeness (QED) is 0.696. The number of nitrogens with zero attached hydrogens (tertiary/aromatic N) is 1. The van der Waals surface area contributed by atoms with Crippen LogP contribution in [0.15, 0.2) is 48.5 Å². The number of hydrogen-bond donors (Lipinski definition) is 1.